The minimum absolute atomic E-state index is 0. The highest BCUT2D eigenvalue weighted by molar-refractivity contribution is 5.76. The van der Waals surface area contributed by atoms with Crippen molar-refractivity contribution in [2.24, 2.45) is 0 Å². The predicted molar refractivity (Wildman–Crippen MR) is 123 cm³/mol. The van der Waals surface area contributed by atoms with Gasteiger partial charge < -0.3 is 22.0 Å². The molecule has 0 aliphatic rings. The lowest BCUT2D eigenvalue weighted by Crippen LogP contribution is -3.00. The summed E-state index contributed by atoms with van der Waals surface area (Å²) < 4.78 is 0.557. The van der Waals surface area contributed by atoms with Gasteiger partial charge in [0, 0.05) is 13.3 Å². The second-order valence-corrected chi connectivity index (χ2v) is 9.63. The molecule has 4 heteroatoms. The topological polar surface area (TPSA) is 37.3 Å². The van der Waals surface area contributed by atoms with E-state index in [1.165, 1.54) is 96.3 Å². The molecule has 0 amide bonds. The van der Waals surface area contributed by atoms with Crippen LogP contribution in [-0.4, -0.2) is 41.7 Å². The summed E-state index contributed by atoms with van der Waals surface area (Å²) in [6.07, 6.45) is 22.5. The van der Waals surface area contributed by atoms with Crippen molar-refractivity contribution in [3.05, 3.63) is 0 Å². The Morgan fingerprint density at radius 2 is 1.00 bits per heavy atom. The number of quaternary nitrogens is 1. The molecule has 0 aromatic heterocycles. The lowest BCUT2D eigenvalue weighted by atomic mass is 9.90. The summed E-state index contributed by atoms with van der Waals surface area (Å²) in [5.74, 6) is -0.652. The van der Waals surface area contributed by atoms with Crippen LogP contribution in [0.4, 0.5) is 0 Å². The normalized spacial score (nSPS) is 13.7. The van der Waals surface area contributed by atoms with Gasteiger partial charge in [-0.1, -0.05) is 103 Å². The third kappa shape index (κ3) is 13.6. The largest absolute Gasteiger partial charge is 1.00 e. The first-order valence-electron chi connectivity index (χ1n) is 12.4. The molecule has 0 saturated heterocycles. The van der Waals surface area contributed by atoms with E-state index in [9.17, 15) is 9.90 Å². The van der Waals surface area contributed by atoms with E-state index in [4.69, 9.17) is 0 Å². The fourth-order valence-corrected chi connectivity index (χ4v) is 4.03. The summed E-state index contributed by atoms with van der Waals surface area (Å²) >= 11 is 0. The van der Waals surface area contributed by atoms with Crippen molar-refractivity contribution in [1.29, 1.82) is 0 Å². The number of likely N-dealkylation sites (N-methyl/N-ethyl adjacent to an activating group) is 1. The summed E-state index contributed by atoms with van der Waals surface area (Å²) in [6, 6.07) is 0. The van der Waals surface area contributed by atoms with Gasteiger partial charge in [-0.25, -0.2) is 4.79 Å². The third-order valence-electron chi connectivity index (χ3n) is 7.10. The van der Waals surface area contributed by atoms with Crippen molar-refractivity contribution in [3.8, 4) is 0 Å². The Bertz CT molecular complexity index is 387. The smallest absolute Gasteiger partial charge is 0.365 e. The van der Waals surface area contributed by atoms with Gasteiger partial charge in [-0.3, -0.25) is 0 Å². The van der Waals surface area contributed by atoms with Gasteiger partial charge in [0.25, 0.3) is 0 Å². The number of aliphatic carboxylic acids is 1. The number of carbonyl (C=O) groups is 1. The van der Waals surface area contributed by atoms with Crippen molar-refractivity contribution < 1.29 is 26.8 Å². The Hall–Kier alpha value is -0.280. The molecule has 0 rings (SSSR count). The molecule has 1 unspecified atom stereocenters. The monoisotopic (exact) mass is 433 g/mol. The van der Waals surface area contributed by atoms with E-state index in [1.54, 1.807) is 0 Å². The molecule has 0 aromatic rings. The number of rotatable bonds is 20. The van der Waals surface area contributed by atoms with Crippen molar-refractivity contribution >= 4 is 5.97 Å². The highest BCUT2D eigenvalue weighted by atomic mass is 35.5. The molecule has 3 nitrogen and oxygen atoms in total. The van der Waals surface area contributed by atoms with Gasteiger partial charge in [0.05, 0.1) is 20.6 Å². The average Bonchev–Trinajstić information content (AvgIpc) is 2.67. The first kappa shape index (κ1) is 30.9. The fourth-order valence-electron chi connectivity index (χ4n) is 4.03. The zero-order chi connectivity index (χ0) is 21.3. The molecule has 0 aliphatic carbocycles. The molecule has 0 bridgehead atoms. The van der Waals surface area contributed by atoms with Gasteiger partial charge in [0.1, 0.15) is 0 Å². The predicted octanol–water partition coefficient (Wildman–Crippen LogP) is 4.58. The standard InChI is InChI=1S/C25H51NO2.ClH/c1-6-8-9-10-11-12-13-14-15-16-17-18-19-20-21-22-23-25(3,24(27)28)26(4,5)7-2;/h6-23H2,1-5H3;1H. The van der Waals surface area contributed by atoms with Gasteiger partial charge in [-0.15, -0.1) is 0 Å². The first-order chi connectivity index (χ1) is 13.3. The van der Waals surface area contributed by atoms with Crippen LogP contribution >= 0.6 is 0 Å². The fraction of sp³-hybridized carbons (Fsp3) is 0.960. The molecule has 0 aromatic carbocycles. The van der Waals surface area contributed by atoms with Crippen molar-refractivity contribution in [2.45, 2.75) is 135 Å². The minimum atomic E-state index is -0.662. The molecular formula is C25H52ClNO2. The number of hydrogen-bond acceptors (Lipinski definition) is 1. The summed E-state index contributed by atoms with van der Waals surface area (Å²) in [5.41, 5.74) is -0.662. The highest BCUT2D eigenvalue weighted by Gasteiger charge is 2.46. The highest BCUT2D eigenvalue weighted by Crippen LogP contribution is 2.27. The lowest BCUT2D eigenvalue weighted by molar-refractivity contribution is -0.929. The van der Waals surface area contributed by atoms with Crippen LogP contribution in [0.2, 0.25) is 0 Å². The Morgan fingerprint density at radius 3 is 1.28 bits per heavy atom. The summed E-state index contributed by atoms with van der Waals surface area (Å²) in [4.78, 5) is 11.8. The molecule has 0 saturated carbocycles. The van der Waals surface area contributed by atoms with E-state index in [0.29, 0.717) is 4.48 Å². The van der Waals surface area contributed by atoms with Crippen molar-refractivity contribution in [1.82, 2.24) is 0 Å². The third-order valence-corrected chi connectivity index (χ3v) is 7.10. The molecule has 1 N–H and O–H groups in total. The van der Waals surface area contributed by atoms with Gasteiger partial charge in [0.2, 0.25) is 0 Å². The second-order valence-electron chi connectivity index (χ2n) is 9.63. The Kier molecular flexibility index (Phi) is 19.7. The van der Waals surface area contributed by atoms with Crippen LogP contribution < -0.4 is 12.4 Å². The molecule has 1 atom stereocenters. The summed E-state index contributed by atoms with van der Waals surface area (Å²) in [5, 5.41) is 9.71. The number of halogens is 1. The quantitative estimate of drug-likeness (QED) is 0.225. The Labute approximate surface area is 189 Å². The van der Waals surface area contributed by atoms with Crippen LogP contribution in [-0.2, 0) is 4.79 Å². The molecule has 0 radical (unpaired) electrons. The van der Waals surface area contributed by atoms with Crippen molar-refractivity contribution in [3.63, 3.8) is 0 Å². The van der Waals surface area contributed by atoms with E-state index < -0.39 is 11.5 Å². The number of carboxylic acid groups (broad SMARTS) is 1. The summed E-state index contributed by atoms with van der Waals surface area (Å²) in [6.45, 7) is 7.13. The van der Waals surface area contributed by atoms with E-state index in [0.717, 1.165) is 19.4 Å². The number of carboxylic acids is 1. The van der Waals surface area contributed by atoms with Crippen LogP contribution in [0.3, 0.4) is 0 Å². The minimum Gasteiger partial charge on any atom is -1.00 e. The van der Waals surface area contributed by atoms with Crippen LogP contribution in [0, 0.1) is 0 Å². The zero-order valence-electron chi connectivity index (χ0n) is 20.4. The molecule has 0 aliphatic heterocycles. The SMILES string of the molecule is CCCCCCCCCCCCCCCCCCC(C)(C(=O)O)[N+](C)(C)CC.[Cl-]. The molecule has 29 heavy (non-hydrogen) atoms. The lowest BCUT2D eigenvalue weighted by Gasteiger charge is -2.43. The summed E-state index contributed by atoms with van der Waals surface area (Å²) in [7, 11) is 4.08. The Balaban J connectivity index is 0. The average molecular weight is 434 g/mol. The maximum Gasteiger partial charge on any atom is 0.365 e. The zero-order valence-corrected chi connectivity index (χ0v) is 21.2. The van der Waals surface area contributed by atoms with E-state index >= 15 is 0 Å². The van der Waals surface area contributed by atoms with Crippen LogP contribution in [0.1, 0.15) is 130 Å². The molecular weight excluding hydrogens is 382 g/mol. The number of nitrogens with zero attached hydrogens (tertiary/aromatic N) is 1. The first-order valence-corrected chi connectivity index (χ1v) is 12.4. The van der Waals surface area contributed by atoms with Crippen LogP contribution in [0.25, 0.3) is 0 Å². The van der Waals surface area contributed by atoms with Crippen LogP contribution in [0.15, 0.2) is 0 Å². The van der Waals surface area contributed by atoms with Gasteiger partial charge in [-0.2, -0.15) is 0 Å². The van der Waals surface area contributed by atoms with Gasteiger partial charge >= 0.3 is 5.97 Å². The second kappa shape index (κ2) is 18.5. The molecule has 0 fully saturated rings. The number of hydrogen-bond donors (Lipinski definition) is 1. The molecule has 0 heterocycles. The van der Waals surface area contributed by atoms with Crippen molar-refractivity contribution in [2.75, 3.05) is 20.6 Å². The van der Waals surface area contributed by atoms with Gasteiger partial charge in [0.15, 0.2) is 5.54 Å². The maximum absolute atomic E-state index is 11.8. The van der Waals surface area contributed by atoms with Gasteiger partial charge in [-0.05, 0) is 13.3 Å². The maximum atomic E-state index is 11.8. The van der Waals surface area contributed by atoms with E-state index in [-0.39, 0.29) is 12.4 Å². The molecule has 176 valence electrons. The molecule has 0 spiro atoms. The van der Waals surface area contributed by atoms with E-state index in [2.05, 4.69) is 13.8 Å². The number of unbranched alkanes of at least 4 members (excludes halogenated alkanes) is 15. The van der Waals surface area contributed by atoms with E-state index in [1.807, 2.05) is 21.0 Å². The Morgan fingerprint density at radius 1 is 0.690 bits per heavy atom. The van der Waals surface area contributed by atoms with Crippen LogP contribution in [0.5, 0.6) is 0 Å².